The SMILES string of the molecule is Cc1cc(-c2ccc(C3CNC(=O)N3c3ccc4nc[nH]c4c3)c(F)c2F)cs1. The van der Waals surface area contributed by atoms with Crippen molar-refractivity contribution in [2.24, 2.45) is 0 Å². The smallest absolute Gasteiger partial charge is 0.322 e. The summed E-state index contributed by atoms with van der Waals surface area (Å²) in [5, 5.41) is 4.53. The Balaban J connectivity index is 1.57. The summed E-state index contributed by atoms with van der Waals surface area (Å²) < 4.78 is 30.0. The van der Waals surface area contributed by atoms with E-state index in [2.05, 4.69) is 15.3 Å². The number of fused-ring (bicyclic) bond motifs is 1. The number of aromatic nitrogens is 2. The van der Waals surface area contributed by atoms with Crippen LogP contribution in [0.1, 0.15) is 16.5 Å². The molecule has 1 fully saturated rings. The van der Waals surface area contributed by atoms with Gasteiger partial charge in [-0.25, -0.2) is 18.6 Å². The zero-order valence-electron chi connectivity index (χ0n) is 15.4. The minimum atomic E-state index is -0.930. The van der Waals surface area contributed by atoms with E-state index in [0.717, 1.165) is 15.9 Å². The van der Waals surface area contributed by atoms with E-state index in [1.54, 1.807) is 42.0 Å². The topological polar surface area (TPSA) is 61.0 Å². The van der Waals surface area contributed by atoms with Crippen LogP contribution in [0.3, 0.4) is 0 Å². The molecule has 146 valence electrons. The minimum Gasteiger partial charge on any atom is -0.345 e. The Morgan fingerprint density at radius 2 is 2.03 bits per heavy atom. The third kappa shape index (κ3) is 2.87. The Bertz CT molecular complexity index is 1250. The van der Waals surface area contributed by atoms with Crippen LogP contribution in [0.25, 0.3) is 22.2 Å². The zero-order valence-corrected chi connectivity index (χ0v) is 16.2. The van der Waals surface area contributed by atoms with Gasteiger partial charge in [-0.15, -0.1) is 11.3 Å². The predicted octanol–water partition coefficient (Wildman–Crippen LogP) is 5.15. The second-order valence-electron chi connectivity index (χ2n) is 6.95. The third-order valence-electron chi connectivity index (χ3n) is 5.17. The first kappa shape index (κ1) is 17.8. The monoisotopic (exact) mass is 410 g/mol. The molecular formula is C21H16F2N4OS. The van der Waals surface area contributed by atoms with Crippen LogP contribution in [0.5, 0.6) is 0 Å². The number of aryl methyl sites for hydroxylation is 1. The summed E-state index contributed by atoms with van der Waals surface area (Å²) >= 11 is 1.48. The maximum Gasteiger partial charge on any atom is 0.322 e. The average Bonchev–Trinajstić information content (AvgIpc) is 3.43. The number of imidazole rings is 1. The van der Waals surface area contributed by atoms with E-state index in [-0.39, 0.29) is 23.7 Å². The van der Waals surface area contributed by atoms with E-state index in [1.807, 2.05) is 13.0 Å². The van der Waals surface area contributed by atoms with E-state index in [9.17, 15) is 9.18 Å². The number of urea groups is 1. The molecule has 4 aromatic rings. The third-order valence-corrected chi connectivity index (χ3v) is 6.03. The van der Waals surface area contributed by atoms with E-state index >= 15 is 4.39 Å². The van der Waals surface area contributed by atoms with Crippen LogP contribution in [0.4, 0.5) is 19.3 Å². The van der Waals surface area contributed by atoms with Gasteiger partial charge in [0.1, 0.15) is 0 Å². The molecule has 1 saturated heterocycles. The van der Waals surface area contributed by atoms with Crippen molar-refractivity contribution in [3.8, 4) is 11.1 Å². The number of hydrogen-bond acceptors (Lipinski definition) is 3. The highest BCUT2D eigenvalue weighted by atomic mass is 32.1. The van der Waals surface area contributed by atoms with Crippen molar-refractivity contribution in [2.75, 3.05) is 11.4 Å². The van der Waals surface area contributed by atoms with Gasteiger partial charge in [0.25, 0.3) is 0 Å². The van der Waals surface area contributed by atoms with E-state index in [4.69, 9.17) is 0 Å². The molecule has 0 aliphatic carbocycles. The molecule has 1 aliphatic rings. The first-order valence-corrected chi connectivity index (χ1v) is 9.94. The molecule has 2 aromatic carbocycles. The summed E-state index contributed by atoms with van der Waals surface area (Å²) in [6.07, 6.45) is 1.57. The second-order valence-corrected chi connectivity index (χ2v) is 8.07. The zero-order chi connectivity index (χ0) is 20.1. The molecule has 1 aliphatic heterocycles. The predicted molar refractivity (Wildman–Crippen MR) is 109 cm³/mol. The number of halogens is 2. The maximum atomic E-state index is 15.1. The molecule has 1 atom stereocenters. The number of nitrogens with one attached hydrogen (secondary N) is 2. The van der Waals surface area contributed by atoms with Crippen LogP contribution in [-0.2, 0) is 0 Å². The number of H-pyrrole nitrogens is 1. The molecule has 1 unspecified atom stereocenters. The number of benzene rings is 2. The van der Waals surface area contributed by atoms with Gasteiger partial charge >= 0.3 is 6.03 Å². The summed E-state index contributed by atoms with van der Waals surface area (Å²) in [5.41, 5.74) is 3.12. The maximum absolute atomic E-state index is 15.1. The lowest BCUT2D eigenvalue weighted by molar-refractivity contribution is 0.251. The van der Waals surface area contributed by atoms with Crippen molar-refractivity contribution in [3.63, 3.8) is 0 Å². The van der Waals surface area contributed by atoms with Gasteiger partial charge in [0, 0.05) is 28.2 Å². The Morgan fingerprint density at radius 3 is 2.83 bits per heavy atom. The van der Waals surface area contributed by atoms with Crippen LogP contribution in [0, 0.1) is 18.6 Å². The Hall–Kier alpha value is -3.26. The molecular weight excluding hydrogens is 394 g/mol. The Kier molecular flexibility index (Phi) is 4.09. The Morgan fingerprint density at radius 1 is 1.17 bits per heavy atom. The molecule has 3 heterocycles. The highest BCUT2D eigenvalue weighted by molar-refractivity contribution is 7.10. The number of carbonyl (C=O) groups excluding carboxylic acids is 1. The first-order valence-electron chi connectivity index (χ1n) is 9.06. The molecule has 8 heteroatoms. The minimum absolute atomic E-state index is 0.140. The van der Waals surface area contributed by atoms with Gasteiger partial charge in [0.15, 0.2) is 11.6 Å². The van der Waals surface area contributed by atoms with Gasteiger partial charge in [-0.3, -0.25) is 4.90 Å². The molecule has 0 radical (unpaired) electrons. The molecule has 2 aromatic heterocycles. The van der Waals surface area contributed by atoms with Crippen molar-refractivity contribution in [2.45, 2.75) is 13.0 Å². The lowest BCUT2D eigenvalue weighted by Gasteiger charge is -2.24. The van der Waals surface area contributed by atoms with Crippen LogP contribution < -0.4 is 10.2 Å². The van der Waals surface area contributed by atoms with E-state index < -0.39 is 17.7 Å². The van der Waals surface area contributed by atoms with Gasteiger partial charge in [-0.2, -0.15) is 0 Å². The van der Waals surface area contributed by atoms with Gasteiger partial charge in [-0.05, 0) is 42.1 Å². The van der Waals surface area contributed by atoms with Gasteiger partial charge < -0.3 is 10.3 Å². The lowest BCUT2D eigenvalue weighted by Crippen LogP contribution is -2.30. The summed E-state index contributed by atoms with van der Waals surface area (Å²) in [5.74, 6) is -1.83. The number of nitrogens with zero attached hydrogens (tertiary/aromatic N) is 2. The fourth-order valence-corrected chi connectivity index (χ4v) is 4.45. The number of amides is 2. The molecule has 2 N–H and O–H groups in total. The van der Waals surface area contributed by atoms with Crippen molar-refractivity contribution >= 4 is 34.1 Å². The van der Waals surface area contributed by atoms with Crippen LogP contribution in [-0.4, -0.2) is 22.5 Å². The average molecular weight is 410 g/mol. The normalized spacial score (nSPS) is 16.6. The number of rotatable bonds is 3. The number of anilines is 1. The second kappa shape index (κ2) is 6.66. The van der Waals surface area contributed by atoms with Crippen molar-refractivity contribution in [3.05, 3.63) is 70.2 Å². The largest absolute Gasteiger partial charge is 0.345 e. The van der Waals surface area contributed by atoms with Crippen molar-refractivity contribution < 1.29 is 13.6 Å². The molecule has 29 heavy (non-hydrogen) atoms. The summed E-state index contributed by atoms with van der Waals surface area (Å²) in [6.45, 7) is 2.11. The quantitative estimate of drug-likeness (QED) is 0.491. The van der Waals surface area contributed by atoms with Gasteiger partial charge in [0.05, 0.1) is 23.4 Å². The van der Waals surface area contributed by atoms with Crippen LogP contribution in [0.15, 0.2) is 48.1 Å². The van der Waals surface area contributed by atoms with Crippen molar-refractivity contribution in [1.29, 1.82) is 0 Å². The van der Waals surface area contributed by atoms with E-state index in [1.165, 1.54) is 16.2 Å². The van der Waals surface area contributed by atoms with Crippen molar-refractivity contribution in [1.82, 2.24) is 15.3 Å². The summed E-state index contributed by atoms with van der Waals surface area (Å²) in [7, 11) is 0. The lowest BCUT2D eigenvalue weighted by atomic mass is 9.99. The fourth-order valence-electron chi connectivity index (χ4n) is 3.75. The molecule has 0 bridgehead atoms. The van der Waals surface area contributed by atoms with Crippen LogP contribution in [0.2, 0.25) is 0 Å². The number of hydrogen-bond donors (Lipinski definition) is 2. The number of aromatic amines is 1. The highest BCUT2D eigenvalue weighted by Crippen LogP contribution is 2.36. The molecule has 5 nitrogen and oxygen atoms in total. The van der Waals surface area contributed by atoms with E-state index in [0.29, 0.717) is 11.3 Å². The molecule has 5 rings (SSSR count). The fraction of sp³-hybridized carbons (Fsp3) is 0.143. The number of carbonyl (C=O) groups is 1. The highest BCUT2D eigenvalue weighted by Gasteiger charge is 2.36. The summed E-state index contributed by atoms with van der Waals surface area (Å²) in [6, 6.07) is 9.26. The molecule has 0 saturated carbocycles. The summed E-state index contributed by atoms with van der Waals surface area (Å²) in [4.78, 5) is 22.1. The van der Waals surface area contributed by atoms with Gasteiger partial charge in [-0.1, -0.05) is 12.1 Å². The molecule has 0 spiro atoms. The molecule has 2 amide bonds. The first-order chi connectivity index (χ1) is 14.0. The van der Waals surface area contributed by atoms with Crippen LogP contribution >= 0.6 is 11.3 Å². The van der Waals surface area contributed by atoms with Gasteiger partial charge in [0.2, 0.25) is 0 Å². The Labute approximate surface area is 169 Å². The standard InChI is InChI=1S/C21H16F2N4OS/c1-11-6-12(9-29-11)14-3-4-15(20(23)19(14)22)18-8-24-21(28)27(18)13-2-5-16-17(7-13)26-10-25-16/h2-7,9-10,18H,8H2,1H3,(H,24,28)(H,25,26). The number of thiophene rings is 1.